The summed E-state index contributed by atoms with van der Waals surface area (Å²) in [6.07, 6.45) is 1.43. The number of methoxy groups -OCH3 is 1. The fourth-order valence-corrected chi connectivity index (χ4v) is 4.45. The number of hydrogen-bond acceptors (Lipinski definition) is 7. The average molecular weight is 451 g/mol. The molecular weight excluding hydrogens is 424 g/mol. The van der Waals surface area contributed by atoms with Gasteiger partial charge in [-0.3, -0.25) is 4.79 Å². The molecule has 0 saturated heterocycles. The number of esters is 1. The number of nitrogens with zero attached hydrogens (tertiary/aromatic N) is 2. The molecule has 1 aromatic carbocycles. The van der Waals surface area contributed by atoms with Gasteiger partial charge < -0.3 is 9.47 Å². The Morgan fingerprint density at radius 3 is 2.44 bits per heavy atom. The second kappa shape index (κ2) is 10.7. The van der Waals surface area contributed by atoms with Crippen LogP contribution in [0.1, 0.15) is 69.1 Å². The molecular formula is C25H26N2O4S. The van der Waals surface area contributed by atoms with Crippen molar-refractivity contribution >= 4 is 29.2 Å². The molecule has 2 aromatic rings. The minimum Gasteiger partial charge on any atom is -0.496 e. The molecule has 0 N–H and O–H groups in total. The van der Waals surface area contributed by atoms with Gasteiger partial charge in [0.05, 0.1) is 24.9 Å². The molecule has 2 rings (SSSR count). The summed E-state index contributed by atoms with van der Waals surface area (Å²) >= 11 is 1.06. The minimum absolute atomic E-state index is 0.0133. The first-order valence-corrected chi connectivity index (χ1v) is 11.0. The van der Waals surface area contributed by atoms with Crippen LogP contribution >= 0.6 is 11.3 Å². The molecule has 166 valence electrons. The number of benzene rings is 1. The molecule has 0 fully saturated rings. The highest BCUT2D eigenvalue weighted by atomic mass is 32.1. The van der Waals surface area contributed by atoms with Crippen LogP contribution in [0.25, 0.3) is 6.08 Å². The normalized spacial score (nSPS) is 11.1. The number of carbonyl (C=O) groups excluding carboxylic acids is 2. The van der Waals surface area contributed by atoms with E-state index in [2.05, 4.69) is 6.07 Å². The maximum absolute atomic E-state index is 13.0. The molecule has 0 aliphatic heterocycles. The van der Waals surface area contributed by atoms with Crippen molar-refractivity contribution in [2.45, 2.75) is 47.0 Å². The molecule has 7 heteroatoms. The summed E-state index contributed by atoms with van der Waals surface area (Å²) in [7, 11) is 1.61. The lowest BCUT2D eigenvalue weighted by atomic mass is 9.94. The Hall–Kier alpha value is -3.42. The van der Waals surface area contributed by atoms with Crippen molar-refractivity contribution < 1.29 is 19.1 Å². The maximum atomic E-state index is 13.0. The second-order valence-electron chi connectivity index (χ2n) is 7.56. The quantitative estimate of drug-likeness (QED) is 0.309. The zero-order valence-electron chi connectivity index (χ0n) is 19.2. The van der Waals surface area contributed by atoms with E-state index in [-0.39, 0.29) is 30.1 Å². The van der Waals surface area contributed by atoms with Crippen LogP contribution in [0, 0.1) is 36.5 Å². The number of hydrogen-bond donors (Lipinski definition) is 0. The van der Waals surface area contributed by atoms with Gasteiger partial charge in [-0.1, -0.05) is 13.8 Å². The molecule has 0 aliphatic carbocycles. The minimum atomic E-state index is -0.517. The van der Waals surface area contributed by atoms with Crippen LogP contribution in [-0.4, -0.2) is 25.5 Å². The number of allylic oxidation sites excluding steroid dienone is 1. The number of nitriles is 2. The van der Waals surface area contributed by atoms with E-state index in [1.54, 1.807) is 27.0 Å². The predicted molar refractivity (Wildman–Crippen MR) is 124 cm³/mol. The number of aryl methyl sites for hydroxylation is 1. The van der Waals surface area contributed by atoms with E-state index in [0.717, 1.165) is 33.8 Å². The van der Waals surface area contributed by atoms with E-state index in [1.807, 2.05) is 39.0 Å². The van der Waals surface area contributed by atoms with Gasteiger partial charge in [0.1, 0.15) is 22.8 Å². The summed E-state index contributed by atoms with van der Waals surface area (Å²) in [5.41, 5.74) is 3.38. The van der Waals surface area contributed by atoms with Gasteiger partial charge in [-0.15, -0.1) is 11.3 Å². The smallest absolute Gasteiger partial charge is 0.348 e. The van der Waals surface area contributed by atoms with Crippen molar-refractivity contribution in [3.63, 3.8) is 0 Å². The van der Waals surface area contributed by atoms with Crippen molar-refractivity contribution in [1.82, 2.24) is 0 Å². The van der Waals surface area contributed by atoms with Crippen LogP contribution in [0.4, 0.5) is 0 Å². The van der Waals surface area contributed by atoms with Gasteiger partial charge in [0.25, 0.3) is 0 Å². The molecule has 1 heterocycles. The van der Waals surface area contributed by atoms with Crippen LogP contribution in [0.2, 0.25) is 0 Å². The highest BCUT2D eigenvalue weighted by Crippen LogP contribution is 2.32. The van der Waals surface area contributed by atoms with Gasteiger partial charge in [-0.2, -0.15) is 10.5 Å². The van der Waals surface area contributed by atoms with E-state index >= 15 is 0 Å². The first-order valence-electron chi connectivity index (χ1n) is 10.2. The van der Waals surface area contributed by atoms with Crippen molar-refractivity contribution in [1.29, 1.82) is 10.5 Å². The zero-order chi connectivity index (χ0) is 24.0. The molecule has 0 saturated carbocycles. The Kier molecular flexibility index (Phi) is 8.34. The number of rotatable bonds is 8. The first kappa shape index (κ1) is 24.8. The van der Waals surface area contributed by atoms with E-state index in [9.17, 15) is 20.1 Å². The topological polar surface area (TPSA) is 100 Å². The summed E-state index contributed by atoms with van der Waals surface area (Å²) in [6.45, 7) is 9.55. The highest BCUT2D eigenvalue weighted by Gasteiger charge is 2.23. The lowest BCUT2D eigenvalue weighted by Gasteiger charge is -2.15. The maximum Gasteiger partial charge on any atom is 0.348 e. The summed E-state index contributed by atoms with van der Waals surface area (Å²) in [4.78, 5) is 25.9. The third kappa shape index (κ3) is 5.25. The van der Waals surface area contributed by atoms with Crippen molar-refractivity contribution in [3.8, 4) is 17.9 Å². The molecule has 0 bridgehead atoms. The highest BCUT2D eigenvalue weighted by molar-refractivity contribution is 7.14. The molecule has 0 atom stereocenters. The fraction of sp³-hybridized carbons (Fsp3) is 0.360. The molecule has 0 amide bonds. The Labute approximate surface area is 192 Å². The second-order valence-corrected chi connectivity index (χ2v) is 8.67. The zero-order valence-corrected chi connectivity index (χ0v) is 20.0. The van der Waals surface area contributed by atoms with Crippen LogP contribution in [-0.2, 0) is 16.0 Å². The Balaban J connectivity index is 2.44. The summed E-state index contributed by atoms with van der Waals surface area (Å²) in [5.74, 6) is 0.0320. The van der Waals surface area contributed by atoms with Gasteiger partial charge in [0.2, 0.25) is 0 Å². The third-order valence-corrected chi connectivity index (χ3v) is 6.35. The SMILES string of the molecule is CCOC(=O)c1sc(CC(=O)/C(C#N)=C/c2cc(C(C)C)c(OC)cc2C)c(C#N)c1C. The molecule has 0 unspecified atom stereocenters. The van der Waals surface area contributed by atoms with E-state index in [1.165, 1.54) is 0 Å². The molecule has 6 nitrogen and oxygen atoms in total. The van der Waals surface area contributed by atoms with Crippen molar-refractivity contribution in [3.05, 3.63) is 55.3 Å². The summed E-state index contributed by atoms with van der Waals surface area (Å²) in [5, 5.41) is 19.2. The predicted octanol–water partition coefficient (Wildman–Crippen LogP) is 5.26. The molecule has 1 aromatic heterocycles. The van der Waals surface area contributed by atoms with Gasteiger partial charge in [0, 0.05) is 11.3 Å². The van der Waals surface area contributed by atoms with Gasteiger partial charge in [-0.05, 0) is 67.2 Å². The molecule has 0 radical (unpaired) electrons. The Morgan fingerprint density at radius 2 is 1.91 bits per heavy atom. The monoisotopic (exact) mass is 450 g/mol. The number of ether oxygens (including phenoxy) is 2. The lowest BCUT2D eigenvalue weighted by Crippen LogP contribution is -2.06. The van der Waals surface area contributed by atoms with Gasteiger partial charge in [-0.25, -0.2) is 4.79 Å². The van der Waals surface area contributed by atoms with E-state index in [4.69, 9.17) is 9.47 Å². The molecule has 32 heavy (non-hydrogen) atoms. The largest absolute Gasteiger partial charge is 0.496 e. The van der Waals surface area contributed by atoms with Crippen LogP contribution in [0.5, 0.6) is 5.75 Å². The number of ketones is 1. The third-order valence-electron chi connectivity index (χ3n) is 5.07. The Morgan fingerprint density at radius 1 is 1.22 bits per heavy atom. The Bertz CT molecular complexity index is 1160. The van der Waals surface area contributed by atoms with Crippen molar-refractivity contribution in [2.24, 2.45) is 0 Å². The number of Topliss-reactive ketones (excluding diaryl/α,β-unsaturated/α-hetero) is 1. The van der Waals surface area contributed by atoms with Crippen LogP contribution < -0.4 is 4.74 Å². The molecule has 0 spiro atoms. The standard InChI is InChI=1S/C25H26N2O4S/c1-7-31-25(29)24-16(5)20(13-27)23(32-24)11-21(28)18(12-26)9-17-10-19(14(2)3)22(30-6)8-15(17)4/h8-10,14H,7,11H2,1-6H3/b18-9+. The van der Waals surface area contributed by atoms with E-state index in [0.29, 0.717) is 15.3 Å². The molecule has 0 aliphatic rings. The van der Waals surface area contributed by atoms with Crippen LogP contribution in [0.15, 0.2) is 17.7 Å². The summed E-state index contributed by atoms with van der Waals surface area (Å²) in [6, 6.07) is 7.88. The number of thiophene rings is 1. The number of carbonyl (C=O) groups is 2. The van der Waals surface area contributed by atoms with Gasteiger partial charge >= 0.3 is 5.97 Å². The van der Waals surface area contributed by atoms with E-state index < -0.39 is 11.8 Å². The summed E-state index contributed by atoms with van der Waals surface area (Å²) < 4.78 is 10.5. The van der Waals surface area contributed by atoms with Gasteiger partial charge in [0.15, 0.2) is 5.78 Å². The van der Waals surface area contributed by atoms with Crippen LogP contribution in [0.3, 0.4) is 0 Å². The van der Waals surface area contributed by atoms with Crippen molar-refractivity contribution in [2.75, 3.05) is 13.7 Å². The average Bonchev–Trinajstić information content (AvgIpc) is 3.07. The lowest BCUT2D eigenvalue weighted by molar-refractivity contribution is -0.114. The first-order chi connectivity index (χ1) is 15.2. The fourth-order valence-electron chi connectivity index (χ4n) is 3.31.